The van der Waals surface area contributed by atoms with Crippen LogP contribution in [0.25, 0.3) is 77.2 Å². The van der Waals surface area contributed by atoms with Crippen LogP contribution in [0.5, 0.6) is 0 Å². The molecule has 10 rings (SSSR count). The number of hydrogen-bond acceptors (Lipinski definition) is 0. The van der Waals surface area contributed by atoms with Crippen LogP contribution < -0.4 is 0 Å². The van der Waals surface area contributed by atoms with E-state index in [1.807, 2.05) is 0 Å². The second kappa shape index (κ2) is 11.1. The molecule has 0 saturated carbocycles. The maximum absolute atomic E-state index is 2.45. The average Bonchev–Trinajstić information content (AvgIpc) is 3.58. The summed E-state index contributed by atoms with van der Waals surface area (Å²) in [6.07, 6.45) is 7.67. The lowest BCUT2D eigenvalue weighted by molar-refractivity contribution is 1.18. The van der Waals surface area contributed by atoms with E-state index in [-0.39, 0.29) is 0 Å². The van der Waals surface area contributed by atoms with Gasteiger partial charge in [-0.15, -0.1) is 0 Å². The molecular formula is C47H32N2. The second-order valence-electron chi connectivity index (χ2n) is 12.9. The van der Waals surface area contributed by atoms with Crippen molar-refractivity contribution in [3.05, 3.63) is 193 Å². The molecule has 1 aliphatic rings. The average molecular weight is 625 g/mol. The Labute approximate surface area is 285 Å². The summed E-state index contributed by atoms with van der Waals surface area (Å²) in [6.45, 7) is 0. The van der Waals surface area contributed by atoms with E-state index in [0.29, 0.717) is 0 Å². The molecule has 0 fully saturated rings. The first-order valence-electron chi connectivity index (χ1n) is 17.0. The molecule has 7 aromatic carbocycles. The number of fused-ring (bicyclic) bond motifs is 7. The van der Waals surface area contributed by atoms with Crippen LogP contribution in [-0.4, -0.2) is 9.13 Å². The molecule has 0 bridgehead atoms. The van der Waals surface area contributed by atoms with E-state index in [0.717, 1.165) is 6.42 Å². The number of benzene rings is 7. The van der Waals surface area contributed by atoms with Gasteiger partial charge in [-0.1, -0.05) is 127 Å². The van der Waals surface area contributed by atoms with Gasteiger partial charge in [-0.05, 0) is 88.8 Å². The van der Waals surface area contributed by atoms with Crippen LogP contribution in [0, 0.1) is 0 Å². The van der Waals surface area contributed by atoms with Gasteiger partial charge in [-0.2, -0.15) is 0 Å². The van der Waals surface area contributed by atoms with E-state index >= 15 is 0 Å². The van der Waals surface area contributed by atoms with E-state index in [9.17, 15) is 0 Å². The number of allylic oxidation sites excluding steroid dienone is 3. The number of para-hydroxylation sites is 2. The molecule has 0 aliphatic heterocycles. The highest BCUT2D eigenvalue weighted by atomic mass is 15.0. The summed E-state index contributed by atoms with van der Waals surface area (Å²) in [4.78, 5) is 0. The second-order valence-corrected chi connectivity index (χ2v) is 12.9. The summed E-state index contributed by atoms with van der Waals surface area (Å²) in [5.74, 6) is 0. The van der Waals surface area contributed by atoms with Crippen LogP contribution in [0.2, 0.25) is 0 Å². The zero-order valence-corrected chi connectivity index (χ0v) is 26.9. The van der Waals surface area contributed by atoms with Gasteiger partial charge in [0.15, 0.2) is 0 Å². The van der Waals surface area contributed by atoms with Gasteiger partial charge in [0.1, 0.15) is 0 Å². The van der Waals surface area contributed by atoms with Gasteiger partial charge < -0.3 is 9.13 Å². The molecule has 0 unspecified atom stereocenters. The number of aromatic nitrogens is 2. The molecule has 9 aromatic rings. The Morgan fingerprint density at radius 1 is 0.388 bits per heavy atom. The molecule has 2 heteroatoms. The molecule has 0 radical (unpaired) electrons. The Hall–Kier alpha value is -6.38. The van der Waals surface area contributed by atoms with Gasteiger partial charge in [-0.25, -0.2) is 0 Å². The summed E-state index contributed by atoms with van der Waals surface area (Å²) >= 11 is 0. The van der Waals surface area contributed by atoms with Gasteiger partial charge in [0.2, 0.25) is 0 Å². The van der Waals surface area contributed by atoms with Crippen LogP contribution in [0.15, 0.2) is 182 Å². The van der Waals surface area contributed by atoms with Crippen molar-refractivity contribution >= 4 is 49.3 Å². The summed E-state index contributed by atoms with van der Waals surface area (Å²) in [7, 11) is 0. The summed E-state index contributed by atoms with van der Waals surface area (Å²) in [6, 6.07) is 59.8. The van der Waals surface area contributed by atoms with Crippen LogP contribution in [0.1, 0.15) is 11.1 Å². The topological polar surface area (TPSA) is 9.86 Å². The molecule has 1 aliphatic carbocycles. The van der Waals surface area contributed by atoms with Crippen molar-refractivity contribution in [3.8, 4) is 27.9 Å². The fourth-order valence-corrected chi connectivity index (χ4v) is 7.88. The zero-order valence-electron chi connectivity index (χ0n) is 26.9. The van der Waals surface area contributed by atoms with E-state index < -0.39 is 0 Å². The smallest absolute Gasteiger partial charge is 0.0541 e. The Morgan fingerprint density at radius 2 is 0.959 bits per heavy atom. The van der Waals surface area contributed by atoms with E-state index in [1.165, 1.54) is 88.4 Å². The summed E-state index contributed by atoms with van der Waals surface area (Å²) in [5, 5.41) is 5.05. The maximum Gasteiger partial charge on any atom is 0.0541 e. The van der Waals surface area contributed by atoms with Crippen molar-refractivity contribution in [1.29, 1.82) is 0 Å². The summed E-state index contributed by atoms with van der Waals surface area (Å²) < 4.78 is 4.85. The predicted molar refractivity (Wildman–Crippen MR) is 207 cm³/mol. The highest BCUT2D eigenvalue weighted by Gasteiger charge is 2.19. The van der Waals surface area contributed by atoms with Gasteiger partial charge in [0.25, 0.3) is 0 Å². The molecule has 0 N–H and O–H groups in total. The van der Waals surface area contributed by atoms with E-state index in [2.05, 4.69) is 191 Å². The molecule has 49 heavy (non-hydrogen) atoms. The quantitative estimate of drug-likeness (QED) is 0.184. The highest BCUT2D eigenvalue weighted by Crippen LogP contribution is 2.40. The zero-order chi connectivity index (χ0) is 32.3. The third-order valence-corrected chi connectivity index (χ3v) is 10.2. The van der Waals surface area contributed by atoms with Gasteiger partial charge in [0.05, 0.1) is 27.8 Å². The first kappa shape index (κ1) is 27.7. The number of rotatable bonds is 4. The fourth-order valence-electron chi connectivity index (χ4n) is 7.88. The van der Waals surface area contributed by atoms with Crippen molar-refractivity contribution < 1.29 is 0 Å². The maximum atomic E-state index is 2.45. The van der Waals surface area contributed by atoms with Crippen molar-refractivity contribution in [1.82, 2.24) is 9.13 Å². The Balaban J connectivity index is 1.14. The van der Waals surface area contributed by atoms with Crippen LogP contribution in [0.3, 0.4) is 0 Å². The predicted octanol–water partition coefficient (Wildman–Crippen LogP) is 12.2. The minimum absolute atomic E-state index is 0.939. The normalized spacial score (nSPS) is 12.9. The minimum atomic E-state index is 0.939. The molecule has 2 nitrogen and oxygen atoms in total. The Morgan fingerprint density at radius 3 is 1.71 bits per heavy atom. The number of nitrogens with zero attached hydrogens (tertiary/aromatic N) is 2. The highest BCUT2D eigenvalue weighted by molar-refractivity contribution is 6.13. The monoisotopic (exact) mass is 624 g/mol. The van der Waals surface area contributed by atoms with E-state index in [4.69, 9.17) is 0 Å². The lowest BCUT2D eigenvalue weighted by Crippen LogP contribution is -2.01. The molecule has 2 aromatic heterocycles. The molecule has 230 valence electrons. The SMILES string of the molecule is C1=CCc2ccccc2C(n2c3ccccc3c3cc(-c4ccc5c(c4)c4ccccc4n5-c4cccc(-c5ccccc5)c4)ccc32)=C1. The largest absolute Gasteiger partial charge is 0.309 e. The molecule has 0 amide bonds. The number of hydrogen-bond donors (Lipinski definition) is 0. The van der Waals surface area contributed by atoms with Gasteiger partial charge in [0, 0.05) is 32.8 Å². The van der Waals surface area contributed by atoms with Crippen molar-refractivity contribution in [2.24, 2.45) is 0 Å². The molecule has 2 heterocycles. The minimum Gasteiger partial charge on any atom is -0.309 e. The van der Waals surface area contributed by atoms with Crippen LogP contribution >= 0.6 is 0 Å². The van der Waals surface area contributed by atoms with Crippen molar-refractivity contribution in [2.45, 2.75) is 6.42 Å². The Kier molecular flexibility index (Phi) is 6.28. The van der Waals surface area contributed by atoms with Gasteiger partial charge in [-0.3, -0.25) is 0 Å². The first-order chi connectivity index (χ1) is 24.3. The third-order valence-electron chi connectivity index (χ3n) is 10.2. The lowest BCUT2D eigenvalue weighted by Gasteiger charge is -2.15. The fraction of sp³-hybridized carbons (Fsp3) is 0.0213. The summed E-state index contributed by atoms with van der Waals surface area (Å²) in [5.41, 5.74) is 14.8. The third kappa shape index (κ3) is 4.42. The van der Waals surface area contributed by atoms with Gasteiger partial charge >= 0.3 is 0 Å². The molecule has 0 spiro atoms. The molecule has 0 atom stereocenters. The van der Waals surface area contributed by atoms with Crippen molar-refractivity contribution in [2.75, 3.05) is 0 Å². The first-order valence-corrected chi connectivity index (χ1v) is 17.0. The molecular weight excluding hydrogens is 593 g/mol. The Bertz CT molecular complexity index is 2790. The molecule has 0 saturated heterocycles. The standard InChI is InChI=1S/C47H32N2/c1-2-13-32(14-3-1)34-17-12-18-37(29-34)48-44-23-10-7-20-39(44)41-30-35(25-27-46(41)48)36-26-28-47-42(31-36)40-21-8-11-24-45(40)49(47)43-22-9-5-16-33-15-4-6-19-38(33)43/h1-15,17-31H,16H2. The van der Waals surface area contributed by atoms with Crippen molar-refractivity contribution in [3.63, 3.8) is 0 Å². The van der Waals surface area contributed by atoms with E-state index in [1.54, 1.807) is 0 Å². The van der Waals surface area contributed by atoms with Crippen LogP contribution in [0.4, 0.5) is 0 Å². The van der Waals surface area contributed by atoms with Crippen LogP contribution in [-0.2, 0) is 6.42 Å². The lowest BCUT2D eigenvalue weighted by atomic mass is 10.0.